The second kappa shape index (κ2) is 9.75. The number of hydrogen-bond acceptors (Lipinski definition) is 3. The molecule has 1 N–H and O–H groups in total. The second-order valence-corrected chi connectivity index (χ2v) is 6.74. The van der Waals surface area contributed by atoms with Crippen LogP contribution in [0.5, 0.6) is 0 Å². The van der Waals surface area contributed by atoms with Crippen molar-refractivity contribution in [3.63, 3.8) is 0 Å². The molecule has 0 bridgehead atoms. The lowest BCUT2D eigenvalue weighted by atomic mass is 10.0. The fourth-order valence-corrected chi connectivity index (χ4v) is 3.56. The molecule has 4 nitrogen and oxygen atoms in total. The third kappa shape index (κ3) is 6.71. The molecule has 0 atom stereocenters. The number of sulfonamides is 1. The first-order valence-corrected chi connectivity index (χ1v) is 8.81. The van der Waals surface area contributed by atoms with Crippen LogP contribution < -0.4 is 5.32 Å². The predicted octanol–water partition coefficient (Wildman–Crippen LogP) is 2.07. The van der Waals surface area contributed by atoms with Crippen LogP contribution in [0.15, 0.2) is 0 Å². The molecular weight excluding hydrogens is 248 g/mol. The summed E-state index contributed by atoms with van der Waals surface area (Å²) in [5.41, 5.74) is 0. The van der Waals surface area contributed by atoms with Crippen LogP contribution in [-0.2, 0) is 10.0 Å². The van der Waals surface area contributed by atoms with E-state index in [1.165, 1.54) is 0 Å². The summed E-state index contributed by atoms with van der Waals surface area (Å²) in [5.74, 6) is 0.738. The summed E-state index contributed by atoms with van der Waals surface area (Å²) < 4.78 is 26.0. The Hall–Kier alpha value is -0.130. The zero-order valence-electron chi connectivity index (χ0n) is 12.4. The number of hydrogen-bond donors (Lipinski definition) is 1. The quantitative estimate of drug-likeness (QED) is 0.589. The third-order valence-electron chi connectivity index (χ3n) is 3.37. The topological polar surface area (TPSA) is 49.4 Å². The molecule has 0 rings (SSSR count). The first-order valence-electron chi connectivity index (χ1n) is 7.20. The van der Waals surface area contributed by atoms with E-state index in [2.05, 4.69) is 19.2 Å². The van der Waals surface area contributed by atoms with Crippen LogP contribution in [0.3, 0.4) is 0 Å². The Morgan fingerprint density at radius 1 is 1.11 bits per heavy atom. The van der Waals surface area contributed by atoms with Gasteiger partial charge in [-0.25, -0.2) is 12.7 Å². The third-order valence-corrected chi connectivity index (χ3v) is 5.37. The van der Waals surface area contributed by atoms with E-state index in [-0.39, 0.29) is 5.75 Å². The normalized spacial score (nSPS) is 12.6. The van der Waals surface area contributed by atoms with E-state index < -0.39 is 10.0 Å². The molecule has 18 heavy (non-hydrogen) atoms. The Morgan fingerprint density at radius 3 is 2.17 bits per heavy atom. The maximum absolute atomic E-state index is 12.2. The van der Waals surface area contributed by atoms with Gasteiger partial charge in [0.25, 0.3) is 0 Å². The van der Waals surface area contributed by atoms with Gasteiger partial charge in [0.05, 0.1) is 5.75 Å². The van der Waals surface area contributed by atoms with Crippen molar-refractivity contribution in [2.24, 2.45) is 5.92 Å². The highest BCUT2D eigenvalue weighted by atomic mass is 32.2. The van der Waals surface area contributed by atoms with Crippen LogP contribution >= 0.6 is 0 Å². The molecule has 0 aliphatic heterocycles. The van der Waals surface area contributed by atoms with E-state index in [0.717, 1.165) is 25.9 Å². The smallest absolute Gasteiger partial charge is 0.214 e. The molecule has 0 saturated heterocycles. The zero-order chi connectivity index (χ0) is 14.0. The van der Waals surface area contributed by atoms with Crippen molar-refractivity contribution in [1.82, 2.24) is 9.62 Å². The molecule has 0 aliphatic carbocycles. The van der Waals surface area contributed by atoms with Crippen molar-refractivity contribution in [3.8, 4) is 0 Å². The highest BCUT2D eigenvalue weighted by Gasteiger charge is 2.22. The highest BCUT2D eigenvalue weighted by Crippen LogP contribution is 2.13. The predicted molar refractivity (Wildman–Crippen MR) is 78.3 cm³/mol. The Bertz CT molecular complexity index is 287. The largest absolute Gasteiger partial charge is 0.317 e. The Morgan fingerprint density at radius 2 is 1.72 bits per heavy atom. The van der Waals surface area contributed by atoms with Crippen LogP contribution in [-0.4, -0.2) is 44.7 Å². The Kier molecular flexibility index (Phi) is 9.68. The van der Waals surface area contributed by atoms with Crippen molar-refractivity contribution in [2.75, 3.05) is 31.9 Å². The van der Waals surface area contributed by atoms with Crippen molar-refractivity contribution >= 4 is 10.0 Å². The van der Waals surface area contributed by atoms with E-state index in [0.29, 0.717) is 25.4 Å². The summed E-state index contributed by atoms with van der Waals surface area (Å²) in [4.78, 5) is 0. The number of nitrogens with zero attached hydrogens (tertiary/aromatic N) is 1. The Balaban J connectivity index is 4.33. The van der Waals surface area contributed by atoms with Gasteiger partial charge >= 0.3 is 0 Å². The van der Waals surface area contributed by atoms with Crippen LogP contribution in [0, 0.1) is 5.92 Å². The standard InChI is InChI=1S/C13H30N2O2S/c1-5-13(6-2)12-15(8-4)18(16,17)11-9-10-14-7-3/h13-14H,5-12H2,1-4H3. The lowest BCUT2D eigenvalue weighted by molar-refractivity contribution is 0.339. The average Bonchev–Trinajstić information content (AvgIpc) is 2.36. The summed E-state index contributed by atoms with van der Waals surface area (Å²) in [5, 5.41) is 3.16. The molecule has 0 saturated carbocycles. The molecule has 0 radical (unpaired) electrons. The van der Waals surface area contributed by atoms with E-state index in [1.54, 1.807) is 4.31 Å². The van der Waals surface area contributed by atoms with E-state index >= 15 is 0 Å². The fourth-order valence-electron chi connectivity index (χ4n) is 1.96. The monoisotopic (exact) mass is 278 g/mol. The lowest BCUT2D eigenvalue weighted by Gasteiger charge is -2.24. The van der Waals surface area contributed by atoms with Crippen LogP contribution in [0.1, 0.15) is 47.0 Å². The van der Waals surface area contributed by atoms with Crippen molar-refractivity contribution in [1.29, 1.82) is 0 Å². The minimum Gasteiger partial charge on any atom is -0.317 e. The summed E-state index contributed by atoms with van der Waals surface area (Å²) in [7, 11) is -3.07. The second-order valence-electron chi connectivity index (χ2n) is 4.66. The highest BCUT2D eigenvalue weighted by molar-refractivity contribution is 7.89. The average molecular weight is 278 g/mol. The van der Waals surface area contributed by atoms with Gasteiger partial charge in [0.15, 0.2) is 0 Å². The summed E-state index contributed by atoms with van der Waals surface area (Å²) >= 11 is 0. The maximum Gasteiger partial charge on any atom is 0.214 e. The van der Waals surface area contributed by atoms with Crippen LogP contribution in [0.25, 0.3) is 0 Å². The Labute approximate surface area is 113 Å². The molecule has 0 heterocycles. The van der Waals surface area contributed by atoms with Gasteiger partial charge in [0.1, 0.15) is 0 Å². The maximum atomic E-state index is 12.2. The van der Waals surface area contributed by atoms with Crippen molar-refractivity contribution in [2.45, 2.75) is 47.0 Å². The van der Waals surface area contributed by atoms with Gasteiger partial charge in [0.2, 0.25) is 10.0 Å². The minimum absolute atomic E-state index is 0.258. The number of rotatable bonds is 11. The molecule has 0 aliphatic rings. The van der Waals surface area contributed by atoms with Gasteiger partial charge < -0.3 is 5.32 Å². The first kappa shape index (κ1) is 17.9. The molecule has 0 aromatic carbocycles. The van der Waals surface area contributed by atoms with Gasteiger partial charge in [-0.3, -0.25) is 0 Å². The van der Waals surface area contributed by atoms with Crippen LogP contribution in [0.2, 0.25) is 0 Å². The summed E-state index contributed by atoms with van der Waals surface area (Å²) in [6, 6.07) is 0. The molecule has 0 fully saturated rings. The van der Waals surface area contributed by atoms with Gasteiger partial charge in [-0.05, 0) is 25.4 Å². The van der Waals surface area contributed by atoms with E-state index in [1.807, 2.05) is 13.8 Å². The molecule has 0 aromatic heterocycles. The minimum atomic E-state index is -3.07. The van der Waals surface area contributed by atoms with Gasteiger partial charge in [-0.2, -0.15) is 0 Å². The van der Waals surface area contributed by atoms with E-state index in [4.69, 9.17) is 0 Å². The molecule has 5 heteroatoms. The fraction of sp³-hybridized carbons (Fsp3) is 1.00. The van der Waals surface area contributed by atoms with Gasteiger partial charge in [-0.1, -0.05) is 40.5 Å². The number of nitrogens with one attached hydrogen (secondary N) is 1. The molecule has 0 spiro atoms. The summed E-state index contributed by atoms with van der Waals surface area (Å²) in [6.45, 7) is 11.1. The molecule has 110 valence electrons. The molecular formula is C13H30N2O2S. The van der Waals surface area contributed by atoms with Crippen molar-refractivity contribution < 1.29 is 8.42 Å². The SMILES string of the molecule is CCNCCCS(=O)(=O)N(CC)CC(CC)CC. The summed E-state index contributed by atoms with van der Waals surface area (Å²) in [6.07, 6.45) is 2.77. The van der Waals surface area contributed by atoms with Crippen molar-refractivity contribution in [3.05, 3.63) is 0 Å². The first-order chi connectivity index (χ1) is 8.51. The zero-order valence-corrected chi connectivity index (χ0v) is 13.2. The van der Waals surface area contributed by atoms with Gasteiger partial charge in [0, 0.05) is 13.1 Å². The molecule has 0 aromatic rings. The van der Waals surface area contributed by atoms with Crippen LogP contribution in [0.4, 0.5) is 0 Å². The molecule has 0 unspecified atom stereocenters. The van der Waals surface area contributed by atoms with Gasteiger partial charge in [-0.15, -0.1) is 0 Å². The van der Waals surface area contributed by atoms with E-state index in [9.17, 15) is 8.42 Å². The molecule has 0 amide bonds. The lowest BCUT2D eigenvalue weighted by Crippen LogP contribution is -2.37.